The summed E-state index contributed by atoms with van der Waals surface area (Å²) in [4.78, 5) is 0. The van der Waals surface area contributed by atoms with Crippen LogP contribution in [-0.2, 0) is 0 Å². The van der Waals surface area contributed by atoms with Gasteiger partial charge in [-0.15, -0.1) is 0 Å². The zero-order valence-corrected chi connectivity index (χ0v) is 7.50. The molecule has 0 N–H and O–H groups in total. The van der Waals surface area contributed by atoms with Crippen LogP contribution in [-0.4, -0.2) is 23.1 Å². The molecule has 0 heterocycles. The van der Waals surface area contributed by atoms with Crippen molar-refractivity contribution in [2.24, 2.45) is 0 Å². The standard InChI is InChI=1S/C7H17NS/c1-4-7-9-8(5-2)6-3/h4-7H2,1-3H3. The molecule has 2 heteroatoms. The quantitative estimate of drug-likeness (QED) is 0.549. The molecule has 0 rings (SSSR count). The highest BCUT2D eigenvalue weighted by Crippen LogP contribution is 2.08. The van der Waals surface area contributed by atoms with Crippen molar-refractivity contribution in [1.82, 2.24) is 4.31 Å². The predicted octanol–water partition coefficient (Wildman–Crippen LogP) is 2.39. The molecule has 9 heavy (non-hydrogen) atoms. The third-order valence-electron chi connectivity index (χ3n) is 1.18. The molecule has 0 amide bonds. The first kappa shape index (κ1) is 9.31. The van der Waals surface area contributed by atoms with Gasteiger partial charge in [-0.25, -0.2) is 0 Å². The molecular weight excluding hydrogens is 130 g/mol. The van der Waals surface area contributed by atoms with Gasteiger partial charge in [-0.1, -0.05) is 32.7 Å². The second-order valence-corrected chi connectivity index (χ2v) is 3.13. The minimum Gasteiger partial charge on any atom is -0.251 e. The Hall–Kier alpha value is 0.310. The molecule has 0 aromatic rings. The van der Waals surface area contributed by atoms with E-state index in [2.05, 4.69) is 25.1 Å². The fourth-order valence-electron chi connectivity index (χ4n) is 0.627. The van der Waals surface area contributed by atoms with Crippen molar-refractivity contribution >= 4 is 11.9 Å². The fourth-order valence-corrected chi connectivity index (χ4v) is 1.43. The lowest BCUT2D eigenvalue weighted by molar-refractivity contribution is 0.524. The molecule has 0 radical (unpaired) electrons. The van der Waals surface area contributed by atoms with E-state index in [1.165, 1.54) is 25.3 Å². The maximum absolute atomic E-state index is 2.38. The normalized spacial score (nSPS) is 10.7. The first-order valence-electron chi connectivity index (χ1n) is 3.73. The van der Waals surface area contributed by atoms with Crippen LogP contribution < -0.4 is 0 Å². The number of hydrogen-bond acceptors (Lipinski definition) is 2. The molecule has 0 atom stereocenters. The molecule has 0 spiro atoms. The minimum absolute atomic E-state index is 1.17. The summed E-state index contributed by atoms with van der Waals surface area (Å²) in [5.41, 5.74) is 0. The number of rotatable bonds is 5. The summed E-state index contributed by atoms with van der Waals surface area (Å²) in [5, 5.41) is 0. The van der Waals surface area contributed by atoms with Crippen molar-refractivity contribution in [3.63, 3.8) is 0 Å². The zero-order valence-electron chi connectivity index (χ0n) is 6.68. The highest BCUT2D eigenvalue weighted by atomic mass is 32.2. The third-order valence-corrected chi connectivity index (χ3v) is 2.66. The van der Waals surface area contributed by atoms with Gasteiger partial charge in [0.15, 0.2) is 0 Å². The largest absolute Gasteiger partial charge is 0.251 e. The van der Waals surface area contributed by atoms with Crippen molar-refractivity contribution in [2.45, 2.75) is 27.2 Å². The smallest absolute Gasteiger partial charge is 0.00782 e. The first-order chi connectivity index (χ1) is 4.35. The van der Waals surface area contributed by atoms with Gasteiger partial charge in [-0.2, -0.15) is 0 Å². The highest BCUT2D eigenvalue weighted by Gasteiger charge is 1.95. The van der Waals surface area contributed by atoms with Gasteiger partial charge in [0, 0.05) is 18.8 Å². The summed E-state index contributed by atoms with van der Waals surface area (Å²) in [6.07, 6.45) is 1.28. The molecule has 0 unspecified atom stereocenters. The van der Waals surface area contributed by atoms with Crippen molar-refractivity contribution < 1.29 is 0 Å². The van der Waals surface area contributed by atoms with Gasteiger partial charge < -0.3 is 0 Å². The Morgan fingerprint density at radius 2 is 1.67 bits per heavy atom. The third kappa shape index (κ3) is 4.79. The Bertz CT molecular complexity index is 52.9. The van der Waals surface area contributed by atoms with E-state index >= 15 is 0 Å². The van der Waals surface area contributed by atoms with E-state index in [0.29, 0.717) is 0 Å². The predicted molar refractivity (Wildman–Crippen MR) is 45.7 cm³/mol. The van der Waals surface area contributed by atoms with E-state index in [1.54, 1.807) is 0 Å². The van der Waals surface area contributed by atoms with Crippen molar-refractivity contribution in [2.75, 3.05) is 18.8 Å². The molecular formula is C7H17NS. The van der Waals surface area contributed by atoms with Gasteiger partial charge in [-0.3, -0.25) is 4.31 Å². The topological polar surface area (TPSA) is 3.24 Å². The number of nitrogens with zero attached hydrogens (tertiary/aromatic N) is 1. The van der Waals surface area contributed by atoms with Gasteiger partial charge in [0.1, 0.15) is 0 Å². The maximum Gasteiger partial charge on any atom is 0.00782 e. The van der Waals surface area contributed by atoms with Crippen LogP contribution in [0.2, 0.25) is 0 Å². The van der Waals surface area contributed by atoms with E-state index < -0.39 is 0 Å². The summed E-state index contributed by atoms with van der Waals surface area (Å²) >= 11 is 1.95. The lowest BCUT2D eigenvalue weighted by Crippen LogP contribution is -2.14. The maximum atomic E-state index is 2.38. The summed E-state index contributed by atoms with van der Waals surface area (Å²) in [6.45, 7) is 8.96. The Labute approximate surface area is 62.9 Å². The first-order valence-corrected chi connectivity index (χ1v) is 4.67. The molecule has 56 valence electrons. The Morgan fingerprint density at radius 3 is 2.00 bits per heavy atom. The molecule has 0 saturated carbocycles. The van der Waals surface area contributed by atoms with Crippen LogP contribution in [0.4, 0.5) is 0 Å². The second kappa shape index (κ2) is 6.43. The lowest BCUT2D eigenvalue weighted by Gasteiger charge is -2.15. The fraction of sp³-hybridized carbons (Fsp3) is 1.00. The van der Waals surface area contributed by atoms with Crippen LogP contribution in [0.15, 0.2) is 0 Å². The SMILES string of the molecule is CCCSN(CC)CC. The van der Waals surface area contributed by atoms with Gasteiger partial charge >= 0.3 is 0 Å². The number of hydrogen-bond donors (Lipinski definition) is 0. The van der Waals surface area contributed by atoms with Crippen LogP contribution in [0.5, 0.6) is 0 Å². The summed E-state index contributed by atoms with van der Waals surface area (Å²) in [5.74, 6) is 1.27. The average molecular weight is 147 g/mol. The molecule has 0 fully saturated rings. The van der Waals surface area contributed by atoms with Gasteiger partial charge in [0.25, 0.3) is 0 Å². The van der Waals surface area contributed by atoms with E-state index in [4.69, 9.17) is 0 Å². The molecule has 1 nitrogen and oxygen atoms in total. The Kier molecular flexibility index (Phi) is 6.65. The van der Waals surface area contributed by atoms with Crippen LogP contribution in [0.1, 0.15) is 27.2 Å². The molecule has 0 saturated heterocycles. The lowest BCUT2D eigenvalue weighted by atomic mass is 10.6. The summed E-state index contributed by atoms with van der Waals surface area (Å²) in [6, 6.07) is 0. The molecule has 0 bridgehead atoms. The van der Waals surface area contributed by atoms with Crippen molar-refractivity contribution in [3.8, 4) is 0 Å². The monoisotopic (exact) mass is 147 g/mol. The van der Waals surface area contributed by atoms with Gasteiger partial charge in [-0.05, 0) is 6.42 Å². The Morgan fingerprint density at radius 1 is 1.11 bits per heavy atom. The highest BCUT2D eigenvalue weighted by molar-refractivity contribution is 7.97. The molecule has 0 aromatic heterocycles. The summed E-state index contributed by atoms with van der Waals surface area (Å²) < 4.78 is 2.38. The van der Waals surface area contributed by atoms with E-state index in [9.17, 15) is 0 Å². The molecule has 0 aliphatic rings. The Balaban J connectivity index is 3.09. The van der Waals surface area contributed by atoms with Crippen molar-refractivity contribution in [3.05, 3.63) is 0 Å². The van der Waals surface area contributed by atoms with Crippen molar-refractivity contribution in [1.29, 1.82) is 0 Å². The van der Waals surface area contributed by atoms with E-state index in [1.807, 2.05) is 11.9 Å². The van der Waals surface area contributed by atoms with Gasteiger partial charge in [0.05, 0.1) is 0 Å². The van der Waals surface area contributed by atoms with Gasteiger partial charge in [0.2, 0.25) is 0 Å². The average Bonchev–Trinajstić information content (AvgIpc) is 1.91. The summed E-state index contributed by atoms with van der Waals surface area (Å²) in [7, 11) is 0. The van der Waals surface area contributed by atoms with E-state index in [-0.39, 0.29) is 0 Å². The van der Waals surface area contributed by atoms with Crippen LogP contribution in [0.25, 0.3) is 0 Å². The van der Waals surface area contributed by atoms with Crippen LogP contribution in [0.3, 0.4) is 0 Å². The zero-order chi connectivity index (χ0) is 7.11. The second-order valence-electron chi connectivity index (χ2n) is 1.95. The van der Waals surface area contributed by atoms with E-state index in [0.717, 1.165) is 0 Å². The minimum atomic E-state index is 1.17. The molecule has 0 aliphatic heterocycles. The van der Waals surface area contributed by atoms with Crippen LogP contribution in [0, 0.1) is 0 Å². The molecule has 0 aliphatic carbocycles. The van der Waals surface area contributed by atoms with Crippen LogP contribution >= 0.6 is 11.9 Å². The molecule has 0 aromatic carbocycles.